The van der Waals surface area contributed by atoms with E-state index in [1.54, 1.807) is 12.4 Å². The van der Waals surface area contributed by atoms with Gasteiger partial charge in [0.1, 0.15) is 11.9 Å². The van der Waals surface area contributed by atoms with Crippen LogP contribution in [0, 0.1) is 25.2 Å². The van der Waals surface area contributed by atoms with Gasteiger partial charge in [-0.2, -0.15) is 10.4 Å². The average Bonchev–Trinajstić information content (AvgIpc) is 3.14. The molecule has 3 aromatic heterocycles. The first-order chi connectivity index (χ1) is 12.1. The van der Waals surface area contributed by atoms with Crippen molar-refractivity contribution in [2.24, 2.45) is 0 Å². The summed E-state index contributed by atoms with van der Waals surface area (Å²) in [5.41, 5.74) is 5.10. The molecule has 0 atom stereocenters. The summed E-state index contributed by atoms with van der Waals surface area (Å²) >= 11 is 0. The van der Waals surface area contributed by atoms with Gasteiger partial charge >= 0.3 is 0 Å². The van der Waals surface area contributed by atoms with Gasteiger partial charge in [-0.15, -0.1) is 0 Å². The molecule has 0 fully saturated rings. The van der Waals surface area contributed by atoms with Crippen LogP contribution in [0.2, 0.25) is 0 Å². The van der Waals surface area contributed by atoms with Crippen LogP contribution in [0.1, 0.15) is 35.9 Å². The molecule has 3 rings (SSSR count). The number of anilines is 2. The molecule has 0 aliphatic heterocycles. The number of hydrogen-bond donors (Lipinski definition) is 1. The van der Waals surface area contributed by atoms with E-state index < -0.39 is 0 Å². The molecule has 6 heteroatoms. The first-order valence-corrected chi connectivity index (χ1v) is 8.26. The van der Waals surface area contributed by atoms with Crippen LogP contribution in [0.25, 0.3) is 5.69 Å². The predicted octanol–water partition coefficient (Wildman–Crippen LogP) is 3.85. The molecular weight excluding hydrogens is 312 g/mol. The molecule has 126 valence electrons. The van der Waals surface area contributed by atoms with E-state index >= 15 is 0 Å². The van der Waals surface area contributed by atoms with Crippen LogP contribution < -0.4 is 5.32 Å². The van der Waals surface area contributed by atoms with Gasteiger partial charge in [0.25, 0.3) is 0 Å². The summed E-state index contributed by atoms with van der Waals surface area (Å²) in [4.78, 5) is 9.09. The Morgan fingerprint density at radius 1 is 1.28 bits per heavy atom. The average molecular weight is 332 g/mol. The van der Waals surface area contributed by atoms with Gasteiger partial charge in [0.05, 0.1) is 28.8 Å². The summed E-state index contributed by atoms with van der Waals surface area (Å²) in [7, 11) is 0. The van der Waals surface area contributed by atoms with Crippen molar-refractivity contribution in [3.05, 3.63) is 59.3 Å². The third-order valence-corrected chi connectivity index (χ3v) is 4.03. The van der Waals surface area contributed by atoms with Crippen molar-refractivity contribution in [2.45, 2.75) is 33.6 Å². The highest BCUT2D eigenvalue weighted by atomic mass is 15.3. The fourth-order valence-electron chi connectivity index (χ4n) is 2.61. The standard InChI is InChI=1S/C19H20N6/c1-4-6-17-18(25-8-5-7-22-25)10-16(12-21-17)24-19-15(11-20)9-13(2)14(3)23-19/h5,7-10,12H,4,6H2,1-3H3,(H,23,24). The van der Waals surface area contributed by atoms with Gasteiger partial charge in [-0.1, -0.05) is 13.3 Å². The zero-order valence-corrected chi connectivity index (χ0v) is 14.6. The highest BCUT2D eigenvalue weighted by Gasteiger charge is 2.11. The van der Waals surface area contributed by atoms with Crippen LogP contribution in [0.5, 0.6) is 0 Å². The molecule has 6 nitrogen and oxygen atoms in total. The Kier molecular flexibility index (Phi) is 4.75. The van der Waals surface area contributed by atoms with Crippen molar-refractivity contribution >= 4 is 11.5 Å². The number of nitriles is 1. The first-order valence-electron chi connectivity index (χ1n) is 8.26. The first kappa shape index (κ1) is 16.7. The molecule has 0 unspecified atom stereocenters. The summed E-state index contributed by atoms with van der Waals surface area (Å²) in [5.74, 6) is 0.544. The molecule has 25 heavy (non-hydrogen) atoms. The van der Waals surface area contributed by atoms with E-state index in [1.165, 1.54) is 0 Å². The van der Waals surface area contributed by atoms with Crippen molar-refractivity contribution < 1.29 is 0 Å². The molecule has 0 radical (unpaired) electrons. The lowest BCUT2D eigenvalue weighted by molar-refractivity contribution is 0.815. The minimum atomic E-state index is 0.515. The Bertz CT molecular complexity index is 922. The molecule has 0 saturated carbocycles. The van der Waals surface area contributed by atoms with E-state index in [9.17, 15) is 5.26 Å². The van der Waals surface area contributed by atoms with Crippen LogP contribution in [0.3, 0.4) is 0 Å². The SMILES string of the molecule is CCCc1ncc(Nc2nc(C)c(C)cc2C#N)cc1-n1cccn1. The Hall–Kier alpha value is -3.20. The van der Waals surface area contributed by atoms with Gasteiger partial charge in [-0.25, -0.2) is 9.67 Å². The molecule has 0 aromatic carbocycles. The van der Waals surface area contributed by atoms with E-state index in [2.05, 4.69) is 33.4 Å². The Labute approximate surface area is 147 Å². The minimum Gasteiger partial charge on any atom is -0.338 e. The molecule has 0 spiro atoms. The van der Waals surface area contributed by atoms with E-state index in [-0.39, 0.29) is 0 Å². The lowest BCUT2D eigenvalue weighted by Gasteiger charge is -2.13. The zero-order valence-electron chi connectivity index (χ0n) is 14.6. The van der Waals surface area contributed by atoms with E-state index in [0.717, 1.165) is 41.2 Å². The smallest absolute Gasteiger partial charge is 0.148 e. The third kappa shape index (κ3) is 3.50. The summed E-state index contributed by atoms with van der Waals surface area (Å²) in [6, 6.07) is 7.91. The van der Waals surface area contributed by atoms with Gasteiger partial charge in [0, 0.05) is 18.1 Å². The highest BCUT2D eigenvalue weighted by molar-refractivity contribution is 5.65. The monoisotopic (exact) mass is 332 g/mol. The van der Waals surface area contributed by atoms with Crippen molar-refractivity contribution in [2.75, 3.05) is 5.32 Å². The summed E-state index contributed by atoms with van der Waals surface area (Å²) in [6.45, 7) is 6.00. The number of pyridine rings is 2. The molecular formula is C19H20N6. The number of hydrogen-bond acceptors (Lipinski definition) is 5. The van der Waals surface area contributed by atoms with Gasteiger partial charge in [-0.3, -0.25) is 4.98 Å². The summed E-state index contributed by atoms with van der Waals surface area (Å²) < 4.78 is 1.81. The van der Waals surface area contributed by atoms with E-state index in [0.29, 0.717) is 11.4 Å². The fourth-order valence-corrected chi connectivity index (χ4v) is 2.61. The Balaban J connectivity index is 2.01. The molecule has 0 aliphatic carbocycles. The highest BCUT2D eigenvalue weighted by Crippen LogP contribution is 2.24. The largest absolute Gasteiger partial charge is 0.338 e. The topological polar surface area (TPSA) is 79.4 Å². The normalized spacial score (nSPS) is 10.5. The van der Waals surface area contributed by atoms with Crippen LogP contribution >= 0.6 is 0 Å². The van der Waals surface area contributed by atoms with E-state index in [4.69, 9.17) is 0 Å². The Morgan fingerprint density at radius 3 is 2.80 bits per heavy atom. The van der Waals surface area contributed by atoms with Crippen molar-refractivity contribution in [1.29, 1.82) is 5.26 Å². The molecule has 1 N–H and O–H groups in total. The number of rotatable bonds is 5. The van der Waals surface area contributed by atoms with Gasteiger partial charge in [0.2, 0.25) is 0 Å². The number of nitrogens with zero attached hydrogens (tertiary/aromatic N) is 5. The van der Waals surface area contributed by atoms with Crippen molar-refractivity contribution in [3.8, 4) is 11.8 Å². The maximum absolute atomic E-state index is 9.37. The van der Waals surface area contributed by atoms with Crippen LogP contribution in [-0.2, 0) is 6.42 Å². The predicted molar refractivity (Wildman–Crippen MR) is 97.1 cm³/mol. The van der Waals surface area contributed by atoms with Gasteiger partial charge in [0.15, 0.2) is 0 Å². The molecule has 0 aliphatic rings. The number of nitrogens with one attached hydrogen (secondary N) is 1. The molecule has 3 aromatic rings. The van der Waals surface area contributed by atoms with Crippen molar-refractivity contribution in [1.82, 2.24) is 19.7 Å². The van der Waals surface area contributed by atoms with Crippen LogP contribution in [0.4, 0.5) is 11.5 Å². The van der Waals surface area contributed by atoms with Crippen molar-refractivity contribution in [3.63, 3.8) is 0 Å². The lowest BCUT2D eigenvalue weighted by Crippen LogP contribution is -2.06. The summed E-state index contributed by atoms with van der Waals surface area (Å²) in [6.07, 6.45) is 7.30. The quantitative estimate of drug-likeness (QED) is 0.768. The second-order valence-electron chi connectivity index (χ2n) is 5.91. The summed E-state index contributed by atoms with van der Waals surface area (Å²) in [5, 5.41) is 16.9. The van der Waals surface area contributed by atoms with E-state index in [1.807, 2.05) is 42.9 Å². The molecule has 0 bridgehead atoms. The van der Waals surface area contributed by atoms with Gasteiger partial charge < -0.3 is 5.32 Å². The number of aryl methyl sites for hydroxylation is 3. The minimum absolute atomic E-state index is 0.515. The van der Waals surface area contributed by atoms with Gasteiger partial charge in [-0.05, 0) is 44.0 Å². The zero-order chi connectivity index (χ0) is 17.8. The molecule has 0 saturated heterocycles. The van der Waals surface area contributed by atoms with Crippen LogP contribution in [0.15, 0.2) is 36.8 Å². The second kappa shape index (κ2) is 7.14. The lowest BCUT2D eigenvalue weighted by atomic mass is 10.1. The maximum atomic E-state index is 9.37. The third-order valence-electron chi connectivity index (χ3n) is 4.03. The maximum Gasteiger partial charge on any atom is 0.148 e. The Morgan fingerprint density at radius 2 is 2.12 bits per heavy atom. The van der Waals surface area contributed by atoms with Crippen LogP contribution in [-0.4, -0.2) is 19.7 Å². The fraction of sp³-hybridized carbons (Fsp3) is 0.263. The number of aromatic nitrogens is 4. The molecule has 0 amide bonds. The molecule has 3 heterocycles. The second-order valence-corrected chi connectivity index (χ2v) is 5.91.